The Hall–Kier alpha value is -1.68. The maximum atomic E-state index is 13.1. The van der Waals surface area contributed by atoms with E-state index in [4.69, 9.17) is 16.3 Å². The number of aromatic nitrogens is 2. The molecule has 0 saturated carbocycles. The number of methoxy groups -OCH3 is 1. The fraction of sp³-hybridized carbons (Fsp3) is 0.0909. The van der Waals surface area contributed by atoms with Crippen molar-refractivity contribution in [3.05, 3.63) is 41.6 Å². The number of nitrogens with zero attached hydrogens (tertiary/aromatic N) is 2. The summed E-state index contributed by atoms with van der Waals surface area (Å²) in [5.74, 6) is 0.163. The summed E-state index contributed by atoms with van der Waals surface area (Å²) in [7, 11) is 1.51. The van der Waals surface area contributed by atoms with E-state index >= 15 is 0 Å². The van der Waals surface area contributed by atoms with E-state index in [1.54, 1.807) is 0 Å². The second kappa shape index (κ2) is 4.45. The van der Waals surface area contributed by atoms with Crippen LogP contribution in [0.3, 0.4) is 0 Å². The van der Waals surface area contributed by atoms with Crippen molar-refractivity contribution >= 4 is 11.6 Å². The zero-order valence-corrected chi connectivity index (χ0v) is 9.20. The highest BCUT2D eigenvalue weighted by Crippen LogP contribution is 2.29. The van der Waals surface area contributed by atoms with Crippen molar-refractivity contribution in [1.29, 1.82) is 0 Å². The van der Waals surface area contributed by atoms with Crippen molar-refractivity contribution in [2.75, 3.05) is 7.11 Å². The third-order valence-corrected chi connectivity index (χ3v) is 2.22. The fourth-order valence-corrected chi connectivity index (χ4v) is 1.50. The van der Waals surface area contributed by atoms with E-state index in [0.29, 0.717) is 17.0 Å². The molecule has 1 heterocycles. The van der Waals surface area contributed by atoms with Crippen LogP contribution in [0, 0.1) is 5.82 Å². The number of hydrogen-bond acceptors (Lipinski definition) is 3. The molecule has 0 bridgehead atoms. The molecule has 0 radical (unpaired) electrons. The lowest BCUT2D eigenvalue weighted by Gasteiger charge is -2.07. The van der Waals surface area contributed by atoms with Crippen LogP contribution in [0.25, 0.3) is 11.3 Å². The van der Waals surface area contributed by atoms with Crippen LogP contribution in [0.2, 0.25) is 5.15 Å². The molecule has 0 saturated heterocycles. The number of hydrogen-bond donors (Lipinski definition) is 0. The van der Waals surface area contributed by atoms with Crippen LogP contribution < -0.4 is 4.74 Å². The molecule has 16 heavy (non-hydrogen) atoms. The summed E-state index contributed by atoms with van der Waals surface area (Å²) >= 11 is 5.72. The summed E-state index contributed by atoms with van der Waals surface area (Å²) in [4.78, 5) is 7.94. The number of halogens is 2. The van der Waals surface area contributed by atoms with Crippen molar-refractivity contribution in [3.63, 3.8) is 0 Å². The molecule has 1 aromatic carbocycles. The first-order valence-electron chi connectivity index (χ1n) is 4.52. The lowest BCUT2D eigenvalue weighted by Crippen LogP contribution is -1.92. The van der Waals surface area contributed by atoms with E-state index in [2.05, 4.69) is 9.97 Å². The third kappa shape index (κ3) is 2.12. The minimum absolute atomic E-state index is 0.254. The van der Waals surface area contributed by atoms with Gasteiger partial charge in [-0.15, -0.1) is 0 Å². The molecule has 2 rings (SSSR count). The summed E-state index contributed by atoms with van der Waals surface area (Å²) in [5, 5.41) is 0.254. The molecule has 2 aromatic rings. The monoisotopic (exact) mass is 238 g/mol. The molecule has 0 aliphatic heterocycles. The molecule has 1 aromatic heterocycles. The van der Waals surface area contributed by atoms with E-state index in [1.165, 1.54) is 37.7 Å². The average molecular weight is 239 g/mol. The highest BCUT2D eigenvalue weighted by molar-refractivity contribution is 6.29. The Kier molecular flexibility index (Phi) is 3.01. The van der Waals surface area contributed by atoms with Gasteiger partial charge >= 0.3 is 0 Å². The first kappa shape index (κ1) is 10.8. The zero-order valence-electron chi connectivity index (χ0n) is 8.45. The molecule has 0 atom stereocenters. The lowest BCUT2D eigenvalue weighted by molar-refractivity contribution is 0.415. The van der Waals surface area contributed by atoms with Gasteiger partial charge in [0.25, 0.3) is 0 Å². The number of rotatable bonds is 2. The van der Waals surface area contributed by atoms with Crippen LogP contribution in [0.1, 0.15) is 0 Å². The van der Waals surface area contributed by atoms with Gasteiger partial charge in [0.2, 0.25) is 0 Å². The SMILES string of the molecule is COc1ccc(F)cc1-c1cncc(Cl)n1. The predicted molar refractivity (Wildman–Crippen MR) is 59.0 cm³/mol. The summed E-state index contributed by atoms with van der Waals surface area (Å²) in [6, 6.07) is 4.19. The van der Waals surface area contributed by atoms with Crippen molar-refractivity contribution in [2.24, 2.45) is 0 Å². The van der Waals surface area contributed by atoms with Gasteiger partial charge in [-0.1, -0.05) is 11.6 Å². The van der Waals surface area contributed by atoms with Crippen molar-refractivity contribution in [1.82, 2.24) is 9.97 Å². The topological polar surface area (TPSA) is 35.0 Å². The molecule has 0 N–H and O–H groups in total. The molecule has 0 unspecified atom stereocenters. The van der Waals surface area contributed by atoms with Gasteiger partial charge in [-0.2, -0.15) is 0 Å². The van der Waals surface area contributed by atoms with Gasteiger partial charge < -0.3 is 4.74 Å². The highest BCUT2D eigenvalue weighted by Gasteiger charge is 2.09. The smallest absolute Gasteiger partial charge is 0.148 e. The molecule has 0 fully saturated rings. The summed E-state index contributed by atoms with van der Waals surface area (Å²) in [5.41, 5.74) is 1.00. The van der Waals surface area contributed by atoms with Crippen LogP contribution in [-0.2, 0) is 0 Å². The zero-order chi connectivity index (χ0) is 11.5. The van der Waals surface area contributed by atoms with Crippen LogP contribution in [-0.4, -0.2) is 17.1 Å². The quantitative estimate of drug-likeness (QED) is 0.807. The number of ether oxygens (including phenoxy) is 1. The standard InChI is InChI=1S/C11H8ClFN2O/c1-16-10-3-2-7(13)4-8(10)9-5-14-6-11(12)15-9/h2-6H,1H3. The Labute approximate surface area is 96.9 Å². The summed E-state index contributed by atoms with van der Waals surface area (Å²) in [6.07, 6.45) is 2.92. The second-order valence-electron chi connectivity index (χ2n) is 3.07. The summed E-state index contributed by atoms with van der Waals surface area (Å²) < 4.78 is 18.3. The van der Waals surface area contributed by atoms with E-state index in [9.17, 15) is 4.39 Å². The first-order chi connectivity index (χ1) is 7.70. The van der Waals surface area contributed by atoms with Crippen LogP contribution >= 0.6 is 11.6 Å². The Morgan fingerprint density at radius 2 is 2.12 bits per heavy atom. The van der Waals surface area contributed by atoms with Gasteiger partial charge in [-0.3, -0.25) is 4.98 Å². The maximum absolute atomic E-state index is 13.1. The Morgan fingerprint density at radius 1 is 1.31 bits per heavy atom. The molecule has 0 spiro atoms. The van der Waals surface area contributed by atoms with E-state index in [-0.39, 0.29) is 11.0 Å². The molecular weight excluding hydrogens is 231 g/mol. The van der Waals surface area contributed by atoms with Crippen molar-refractivity contribution < 1.29 is 9.13 Å². The second-order valence-corrected chi connectivity index (χ2v) is 3.46. The molecular formula is C11H8ClFN2O. The lowest BCUT2D eigenvalue weighted by atomic mass is 10.1. The molecule has 0 aliphatic carbocycles. The molecule has 0 amide bonds. The minimum Gasteiger partial charge on any atom is -0.496 e. The Morgan fingerprint density at radius 3 is 2.81 bits per heavy atom. The fourth-order valence-electron chi connectivity index (χ4n) is 1.35. The van der Waals surface area contributed by atoms with Gasteiger partial charge in [0.05, 0.1) is 25.2 Å². The highest BCUT2D eigenvalue weighted by atomic mass is 35.5. The minimum atomic E-state index is -0.363. The van der Waals surface area contributed by atoms with Crippen LogP contribution in [0.15, 0.2) is 30.6 Å². The normalized spacial score (nSPS) is 10.2. The third-order valence-electron chi connectivity index (χ3n) is 2.04. The summed E-state index contributed by atoms with van der Waals surface area (Å²) in [6.45, 7) is 0. The average Bonchev–Trinajstić information content (AvgIpc) is 2.29. The predicted octanol–water partition coefficient (Wildman–Crippen LogP) is 2.94. The maximum Gasteiger partial charge on any atom is 0.148 e. The van der Waals surface area contributed by atoms with Gasteiger partial charge in [0, 0.05) is 5.56 Å². The largest absolute Gasteiger partial charge is 0.496 e. The van der Waals surface area contributed by atoms with Gasteiger partial charge in [-0.25, -0.2) is 9.37 Å². The van der Waals surface area contributed by atoms with Gasteiger partial charge in [-0.05, 0) is 18.2 Å². The van der Waals surface area contributed by atoms with E-state index in [1.807, 2.05) is 0 Å². The van der Waals surface area contributed by atoms with E-state index < -0.39 is 0 Å². The molecule has 0 aliphatic rings. The van der Waals surface area contributed by atoms with Crippen LogP contribution in [0.4, 0.5) is 4.39 Å². The van der Waals surface area contributed by atoms with Gasteiger partial charge in [0.1, 0.15) is 16.7 Å². The molecule has 3 nitrogen and oxygen atoms in total. The van der Waals surface area contributed by atoms with Crippen molar-refractivity contribution in [3.8, 4) is 17.0 Å². The van der Waals surface area contributed by atoms with Crippen LogP contribution in [0.5, 0.6) is 5.75 Å². The van der Waals surface area contributed by atoms with Gasteiger partial charge in [0.15, 0.2) is 0 Å². The molecule has 5 heteroatoms. The Balaban J connectivity index is 2.58. The number of benzene rings is 1. The first-order valence-corrected chi connectivity index (χ1v) is 4.90. The van der Waals surface area contributed by atoms with E-state index in [0.717, 1.165) is 0 Å². The Bertz CT molecular complexity index is 519. The molecule has 82 valence electrons. The van der Waals surface area contributed by atoms with Crippen molar-refractivity contribution in [2.45, 2.75) is 0 Å².